The first kappa shape index (κ1) is 14.1. The second-order valence-electron chi connectivity index (χ2n) is 3.96. The number of sulfonamides is 1. The number of nitrogens with zero attached hydrogens (tertiary/aromatic N) is 1. The van der Waals surface area contributed by atoms with Gasteiger partial charge in [0.05, 0.1) is 0 Å². The lowest BCUT2D eigenvalue weighted by molar-refractivity contribution is 0.500. The molecule has 4 nitrogen and oxygen atoms in total. The van der Waals surface area contributed by atoms with Gasteiger partial charge in [0.1, 0.15) is 4.90 Å². The van der Waals surface area contributed by atoms with Crippen molar-refractivity contribution in [3.63, 3.8) is 0 Å². The van der Waals surface area contributed by atoms with E-state index in [0.717, 1.165) is 0 Å². The van der Waals surface area contributed by atoms with E-state index in [9.17, 15) is 8.42 Å². The first-order chi connectivity index (χ1) is 7.27. The lowest BCUT2D eigenvalue weighted by atomic mass is 10.1. The zero-order chi connectivity index (χ0) is 12.4. The van der Waals surface area contributed by atoms with Crippen LogP contribution in [0.2, 0.25) is 0 Å². The van der Waals surface area contributed by atoms with Crippen LogP contribution in [0.5, 0.6) is 0 Å². The average Bonchev–Trinajstić information content (AvgIpc) is 2.16. The maximum absolute atomic E-state index is 12.0. The zero-order valence-electron chi connectivity index (χ0n) is 8.87. The van der Waals surface area contributed by atoms with Crippen LogP contribution in [0.25, 0.3) is 0 Å². The van der Waals surface area contributed by atoms with Gasteiger partial charge in [-0.3, -0.25) is 4.98 Å². The summed E-state index contributed by atoms with van der Waals surface area (Å²) in [5, 5.41) is 0.528. The number of rotatable bonds is 4. The molecule has 0 aliphatic heterocycles. The van der Waals surface area contributed by atoms with Crippen LogP contribution in [-0.2, 0) is 10.0 Å². The average molecular weight is 372 g/mol. The van der Waals surface area contributed by atoms with Crippen molar-refractivity contribution in [2.75, 3.05) is 5.33 Å². The number of halogens is 2. The van der Waals surface area contributed by atoms with Gasteiger partial charge in [-0.1, -0.05) is 15.9 Å². The maximum atomic E-state index is 12.0. The Hall–Kier alpha value is 0.0200. The van der Waals surface area contributed by atoms with Crippen LogP contribution in [-0.4, -0.2) is 24.3 Å². The molecular formula is C9H12Br2N2O2S. The first-order valence-corrected chi connectivity index (χ1v) is 7.87. The maximum Gasteiger partial charge on any atom is 0.242 e. The molecule has 1 N–H and O–H groups in total. The summed E-state index contributed by atoms with van der Waals surface area (Å²) in [6, 6.07) is 1.51. The van der Waals surface area contributed by atoms with E-state index >= 15 is 0 Å². The van der Waals surface area contributed by atoms with Crippen LogP contribution < -0.4 is 4.72 Å². The predicted molar refractivity (Wildman–Crippen MR) is 70.1 cm³/mol. The summed E-state index contributed by atoms with van der Waals surface area (Å²) < 4.78 is 27.2. The third-order valence-corrected chi connectivity index (χ3v) is 5.24. The molecule has 90 valence electrons. The van der Waals surface area contributed by atoms with Gasteiger partial charge in [0.2, 0.25) is 10.0 Å². The largest absolute Gasteiger partial charge is 0.262 e. The van der Waals surface area contributed by atoms with Gasteiger partial charge >= 0.3 is 0 Å². The van der Waals surface area contributed by atoms with E-state index in [2.05, 4.69) is 41.6 Å². The molecule has 0 unspecified atom stereocenters. The Morgan fingerprint density at radius 3 is 2.56 bits per heavy atom. The Balaban J connectivity index is 3.04. The third-order valence-electron chi connectivity index (χ3n) is 1.73. The second-order valence-corrected chi connectivity index (χ2v) is 7.12. The van der Waals surface area contributed by atoms with E-state index in [1.807, 2.05) is 0 Å². The molecule has 0 amide bonds. The Labute approximate surface area is 112 Å². The smallest absolute Gasteiger partial charge is 0.242 e. The Bertz CT molecular complexity index is 474. The molecule has 16 heavy (non-hydrogen) atoms. The summed E-state index contributed by atoms with van der Waals surface area (Å²) in [6.45, 7) is 3.59. The first-order valence-electron chi connectivity index (χ1n) is 4.47. The quantitative estimate of drug-likeness (QED) is 0.826. The van der Waals surface area contributed by atoms with Crippen LogP contribution >= 0.6 is 31.9 Å². The predicted octanol–water partition coefficient (Wildman–Crippen LogP) is 2.30. The van der Waals surface area contributed by atoms with Crippen molar-refractivity contribution < 1.29 is 8.42 Å². The highest BCUT2D eigenvalue weighted by molar-refractivity contribution is 9.10. The number of nitrogens with one attached hydrogen (secondary N) is 1. The van der Waals surface area contributed by atoms with Crippen molar-refractivity contribution in [2.24, 2.45) is 0 Å². The summed E-state index contributed by atoms with van der Waals surface area (Å²) in [4.78, 5) is 3.98. The lowest BCUT2D eigenvalue weighted by Crippen LogP contribution is -2.44. The summed E-state index contributed by atoms with van der Waals surface area (Å²) in [5.74, 6) is 0. The molecule has 1 heterocycles. The van der Waals surface area contributed by atoms with Gasteiger partial charge in [-0.25, -0.2) is 13.1 Å². The molecule has 1 aromatic rings. The van der Waals surface area contributed by atoms with Gasteiger partial charge in [-0.05, 0) is 35.8 Å². The van der Waals surface area contributed by atoms with Gasteiger partial charge in [0.25, 0.3) is 0 Å². The normalized spacial score (nSPS) is 12.8. The topological polar surface area (TPSA) is 59.1 Å². The van der Waals surface area contributed by atoms with Crippen LogP contribution in [0.4, 0.5) is 0 Å². The molecular weight excluding hydrogens is 360 g/mol. The minimum absolute atomic E-state index is 0.149. The van der Waals surface area contributed by atoms with E-state index in [4.69, 9.17) is 0 Å². The fourth-order valence-corrected chi connectivity index (χ4v) is 3.23. The molecule has 0 fully saturated rings. The standard InChI is InChI=1S/C9H12Br2N2O2S/c1-9(2,6-10)13-16(14,15)8-3-7(11)4-12-5-8/h3-5,13H,6H2,1-2H3. The van der Waals surface area contributed by atoms with Crippen molar-refractivity contribution in [3.8, 4) is 0 Å². The molecule has 0 spiro atoms. The fraction of sp³-hybridized carbons (Fsp3) is 0.444. The van der Waals surface area contributed by atoms with E-state index in [0.29, 0.717) is 9.80 Å². The minimum atomic E-state index is -3.53. The Morgan fingerprint density at radius 1 is 1.44 bits per heavy atom. The van der Waals surface area contributed by atoms with E-state index < -0.39 is 15.6 Å². The summed E-state index contributed by atoms with van der Waals surface area (Å²) in [7, 11) is -3.53. The Morgan fingerprint density at radius 2 is 2.06 bits per heavy atom. The van der Waals surface area contributed by atoms with Crippen LogP contribution in [0.15, 0.2) is 27.8 Å². The molecule has 0 saturated carbocycles. The van der Waals surface area contributed by atoms with Crippen molar-refractivity contribution in [3.05, 3.63) is 22.9 Å². The summed E-state index contributed by atoms with van der Waals surface area (Å²) in [6.07, 6.45) is 2.85. The number of pyridine rings is 1. The molecule has 0 saturated heterocycles. The highest BCUT2D eigenvalue weighted by atomic mass is 79.9. The minimum Gasteiger partial charge on any atom is -0.262 e. The number of hydrogen-bond donors (Lipinski definition) is 1. The summed E-state index contributed by atoms with van der Waals surface area (Å²) >= 11 is 6.45. The second kappa shape index (κ2) is 5.12. The SMILES string of the molecule is CC(C)(CBr)NS(=O)(=O)c1cncc(Br)c1. The number of hydrogen-bond acceptors (Lipinski definition) is 3. The number of aromatic nitrogens is 1. The molecule has 0 aliphatic carbocycles. The highest BCUT2D eigenvalue weighted by Crippen LogP contribution is 2.17. The molecule has 1 rings (SSSR count). The van der Waals surface area contributed by atoms with E-state index in [1.54, 1.807) is 13.8 Å². The number of alkyl halides is 1. The molecule has 0 aliphatic rings. The fourth-order valence-electron chi connectivity index (χ4n) is 0.989. The molecule has 0 atom stereocenters. The molecule has 7 heteroatoms. The van der Waals surface area contributed by atoms with Crippen LogP contribution in [0, 0.1) is 0 Å². The third kappa shape index (κ3) is 3.80. The van der Waals surface area contributed by atoms with E-state index in [-0.39, 0.29) is 4.90 Å². The monoisotopic (exact) mass is 370 g/mol. The molecule has 0 radical (unpaired) electrons. The van der Waals surface area contributed by atoms with Gasteiger partial charge in [-0.2, -0.15) is 0 Å². The van der Waals surface area contributed by atoms with Crippen LogP contribution in [0.3, 0.4) is 0 Å². The highest BCUT2D eigenvalue weighted by Gasteiger charge is 2.25. The Kier molecular flexibility index (Phi) is 4.50. The van der Waals surface area contributed by atoms with E-state index in [1.165, 1.54) is 18.5 Å². The van der Waals surface area contributed by atoms with Gasteiger partial charge in [-0.15, -0.1) is 0 Å². The van der Waals surface area contributed by atoms with Crippen LogP contribution in [0.1, 0.15) is 13.8 Å². The van der Waals surface area contributed by atoms with Crippen molar-refractivity contribution in [1.82, 2.24) is 9.71 Å². The lowest BCUT2D eigenvalue weighted by Gasteiger charge is -2.23. The van der Waals surface area contributed by atoms with Gasteiger partial charge < -0.3 is 0 Å². The van der Waals surface area contributed by atoms with Gasteiger partial charge in [0.15, 0.2) is 0 Å². The molecule has 0 aromatic carbocycles. The van der Waals surface area contributed by atoms with Crippen molar-refractivity contribution >= 4 is 41.9 Å². The van der Waals surface area contributed by atoms with Crippen molar-refractivity contribution in [1.29, 1.82) is 0 Å². The van der Waals surface area contributed by atoms with Gasteiger partial charge in [0, 0.05) is 27.7 Å². The van der Waals surface area contributed by atoms with Crippen molar-refractivity contribution in [2.45, 2.75) is 24.3 Å². The molecule has 0 bridgehead atoms. The zero-order valence-corrected chi connectivity index (χ0v) is 12.9. The summed E-state index contributed by atoms with van der Waals surface area (Å²) in [5.41, 5.74) is -0.541. The molecule has 1 aromatic heterocycles.